The minimum absolute atomic E-state index is 0.0560. The van der Waals surface area contributed by atoms with E-state index in [1.165, 1.54) is 0 Å². The number of hydrogen-bond donors (Lipinski definition) is 0. The number of benzene rings is 10. The van der Waals surface area contributed by atoms with Gasteiger partial charge in [0.05, 0.1) is 18.2 Å². The van der Waals surface area contributed by atoms with Gasteiger partial charge in [-0.15, -0.1) is 0 Å². The largest absolute Gasteiger partial charge is 0.309 e. The van der Waals surface area contributed by atoms with Crippen LogP contribution in [0.25, 0.3) is 55.6 Å². The molecule has 0 unspecified atom stereocenters. The molecule has 0 N–H and O–H groups in total. The molecule has 0 bridgehead atoms. The summed E-state index contributed by atoms with van der Waals surface area (Å²) in [7, 11) is 0. The van der Waals surface area contributed by atoms with Gasteiger partial charge in [0.1, 0.15) is 0 Å². The van der Waals surface area contributed by atoms with E-state index in [0.29, 0.717) is 27.0 Å². The fourth-order valence-corrected chi connectivity index (χ4v) is 9.77. The van der Waals surface area contributed by atoms with Crippen molar-refractivity contribution >= 4 is 57.3 Å². The molecule has 354 valence electrons. The Morgan fingerprint density at radius 1 is 0.319 bits per heavy atom. The third-order valence-electron chi connectivity index (χ3n) is 13.1. The summed E-state index contributed by atoms with van der Waals surface area (Å²) in [4.78, 5) is 4.42. The van der Waals surface area contributed by atoms with Crippen molar-refractivity contribution in [3.63, 3.8) is 0 Å². The monoisotopic (exact) mass is 977 g/mol. The smallest absolute Gasteiger partial charge is 0.0629 e. The van der Waals surface area contributed by atoms with Gasteiger partial charge >= 0.3 is 0 Å². The normalized spacial score (nSPS) is 12.6. The second-order valence-corrected chi connectivity index (χ2v) is 21.0. The van der Waals surface area contributed by atoms with Crippen LogP contribution in [0.15, 0.2) is 243 Å². The standard InChI is InChI=1S/C68H58Cl2N2/c1-67(2,3)53-40-61(48-26-14-8-15-27-48)65(62(41-53)49-28-16-9-17-29-49)71(57-36-22-34-55(69)44-57)59-38-52(47-24-12-7-13-25-47)39-60(46-59)72(58-37-23-35-56(70)45-58)66-63(50-30-18-10-19-31-50)42-54(68(4,5)6)43-64(66)51-32-20-11-21-33-51/h7-46H,1-6H3/i7D,12D,13D,24D,25D. The first-order chi connectivity index (χ1) is 36.9. The second-order valence-electron chi connectivity index (χ2n) is 20.2. The molecule has 0 aliphatic rings. The van der Waals surface area contributed by atoms with Crippen LogP contribution in [0.4, 0.5) is 34.1 Å². The van der Waals surface area contributed by atoms with Crippen molar-refractivity contribution in [2.24, 2.45) is 0 Å². The van der Waals surface area contributed by atoms with E-state index in [1.807, 2.05) is 133 Å². The minimum atomic E-state index is -0.473. The summed E-state index contributed by atoms with van der Waals surface area (Å²) in [5.41, 5.74) is 14.4. The average molecular weight is 979 g/mol. The number of anilines is 6. The molecule has 0 amide bonds. The summed E-state index contributed by atoms with van der Waals surface area (Å²) >= 11 is 14.2. The molecule has 0 aromatic heterocycles. The van der Waals surface area contributed by atoms with Crippen molar-refractivity contribution in [2.75, 3.05) is 9.80 Å². The van der Waals surface area contributed by atoms with Gasteiger partial charge in [0, 0.05) is 55.0 Å². The molecule has 10 aromatic carbocycles. The molecule has 10 rings (SSSR count). The lowest BCUT2D eigenvalue weighted by Gasteiger charge is -2.35. The molecule has 0 saturated carbocycles. The van der Waals surface area contributed by atoms with Crippen LogP contribution < -0.4 is 9.80 Å². The van der Waals surface area contributed by atoms with Gasteiger partial charge in [-0.1, -0.05) is 228 Å². The summed E-state index contributed by atoms with van der Waals surface area (Å²) < 4.78 is 45.9. The first kappa shape index (κ1) is 42.1. The highest BCUT2D eigenvalue weighted by atomic mass is 35.5. The predicted octanol–water partition coefficient (Wildman–Crippen LogP) is 20.9. The second kappa shape index (κ2) is 20.2. The van der Waals surface area contributed by atoms with E-state index in [1.54, 1.807) is 0 Å². The van der Waals surface area contributed by atoms with Crippen molar-refractivity contribution < 1.29 is 6.85 Å². The maximum atomic E-state index is 9.56. The van der Waals surface area contributed by atoms with E-state index in [9.17, 15) is 2.74 Å². The Kier molecular flexibility index (Phi) is 11.8. The Bertz CT molecular complexity index is 3440. The maximum absolute atomic E-state index is 9.56. The lowest BCUT2D eigenvalue weighted by molar-refractivity contribution is 0.590. The molecule has 72 heavy (non-hydrogen) atoms. The summed E-state index contributed by atoms with van der Waals surface area (Å²) in [5, 5.41) is 1.03. The van der Waals surface area contributed by atoms with E-state index < -0.39 is 18.1 Å². The highest BCUT2D eigenvalue weighted by molar-refractivity contribution is 6.31. The summed E-state index contributed by atoms with van der Waals surface area (Å²) in [5.74, 6) is 0. The average Bonchev–Trinajstić information content (AvgIpc) is 3.47. The molecule has 2 nitrogen and oxygen atoms in total. The molecule has 0 heterocycles. The van der Waals surface area contributed by atoms with E-state index in [4.69, 9.17) is 27.3 Å². The number of halogens is 2. The molecule has 4 heteroatoms. The highest BCUT2D eigenvalue weighted by Gasteiger charge is 2.30. The Balaban J connectivity index is 1.43. The van der Waals surface area contributed by atoms with Crippen molar-refractivity contribution in [3.8, 4) is 55.6 Å². The first-order valence-electron chi connectivity index (χ1n) is 26.8. The van der Waals surface area contributed by atoms with Crippen molar-refractivity contribution in [1.82, 2.24) is 0 Å². The van der Waals surface area contributed by atoms with Gasteiger partial charge in [-0.2, -0.15) is 0 Å². The summed E-state index contributed by atoms with van der Waals surface area (Å²) in [6.45, 7) is 13.3. The van der Waals surface area contributed by atoms with Gasteiger partial charge in [-0.05, 0) is 134 Å². The minimum Gasteiger partial charge on any atom is -0.309 e. The third-order valence-corrected chi connectivity index (χ3v) is 13.5. The van der Waals surface area contributed by atoms with Gasteiger partial charge in [0.15, 0.2) is 0 Å². The first-order valence-corrected chi connectivity index (χ1v) is 25.1. The molecular weight excluding hydrogens is 916 g/mol. The molecular formula is C68H58Cl2N2. The molecule has 0 aliphatic heterocycles. The number of hydrogen-bond acceptors (Lipinski definition) is 2. The lowest BCUT2D eigenvalue weighted by atomic mass is 9.81. The molecule has 0 fully saturated rings. The summed E-state index contributed by atoms with van der Waals surface area (Å²) in [6.07, 6.45) is 0. The number of nitrogens with zero attached hydrogens (tertiary/aromatic N) is 2. The molecule has 0 aliphatic carbocycles. The topological polar surface area (TPSA) is 6.48 Å². The van der Waals surface area contributed by atoms with Crippen LogP contribution in [0, 0.1) is 0 Å². The molecule has 0 radical (unpaired) electrons. The van der Waals surface area contributed by atoms with Gasteiger partial charge in [-0.3, -0.25) is 0 Å². The maximum Gasteiger partial charge on any atom is 0.0629 e. The van der Waals surface area contributed by atoms with Crippen molar-refractivity contribution in [1.29, 1.82) is 0 Å². The lowest BCUT2D eigenvalue weighted by Crippen LogP contribution is -2.18. The zero-order valence-corrected chi connectivity index (χ0v) is 42.9. The van der Waals surface area contributed by atoms with Crippen LogP contribution in [0.5, 0.6) is 0 Å². The van der Waals surface area contributed by atoms with Crippen molar-refractivity contribution in [2.45, 2.75) is 52.4 Å². The molecule has 10 aromatic rings. The van der Waals surface area contributed by atoms with Crippen LogP contribution in [0.2, 0.25) is 10.0 Å². The van der Waals surface area contributed by atoms with Gasteiger partial charge in [-0.25, -0.2) is 0 Å². The van der Waals surface area contributed by atoms with Crippen LogP contribution >= 0.6 is 23.2 Å². The Labute approximate surface area is 443 Å². The number of rotatable bonds is 11. The Hall–Kier alpha value is -7.62. The quantitative estimate of drug-likeness (QED) is 0.127. The van der Waals surface area contributed by atoms with E-state index >= 15 is 0 Å². The Morgan fingerprint density at radius 3 is 0.958 bits per heavy atom. The van der Waals surface area contributed by atoms with Crippen LogP contribution in [-0.4, -0.2) is 0 Å². The fourth-order valence-electron chi connectivity index (χ4n) is 9.40. The van der Waals surface area contributed by atoms with Gasteiger partial charge in [0.25, 0.3) is 0 Å². The van der Waals surface area contributed by atoms with E-state index in [0.717, 1.165) is 78.4 Å². The molecule has 0 spiro atoms. The third kappa shape index (κ3) is 10.1. The van der Waals surface area contributed by atoms with Crippen LogP contribution in [-0.2, 0) is 10.8 Å². The SMILES string of the molecule is [2H]c1c([2H])c([2H])c(-c2cc(N(c3cccc(Cl)c3)c3c(-c4ccccc4)cc(C(C)(C)C)cc3-c3ccccc3)cc(N(c3cccc(Cl)c3)c3c(-c4ccccc4)cc(C(C)(C)C)cc3-c3ccccc3)c2)c([2H])c1[2H]. The summed E-state index contributed by atoms with van der Waals surface area (Å²) in [6, 6.07) is 70.2. The predicted molar refractivity (Wildman–Crippen MR) is 310 cm³/mol. The molecule has 0 saturated heterocycles. The zero-order valence-electron chi connectivity index (χ0n) is 46.4. The van der Waals surface area contributed by atoms with Crippen molar-refractivity contribution in [3.05, 3.63) is 264 Å². The van der Waals surface area contributed by atoms with E-state index in [-0.39, 0.29) is 28.5 Å². The van der Waals surface area contributed by atoms with Gasteiger partial charge < -0.3 is 9.80 Å². The van der Waals surface area contributed by atoms with Crippen LogP contribution in [0.3, 0.4) is 0 Å². The zero-order chi connectivity index (χ0) is 54.3. The molecule has 0 atom stereocenters. The van der Waals surface area contributed by atoms with Crippen LogP contribution in [0.1, 0.15) is 59.5 Å². The van der Waals surface area contributed by atoms with Gasteiger partial charge in [0.2, 0.25) is 0 Å². The van der Waals surface area contributed by atoms with E-state index in [2.05, 4.69) is 130 Å². The highest BCUT2D eigenvalue weighted by Crippen LogP contribution is 2.53. The Morgan fingerprint density at radius 2 is 0.653 bits per heavy atom. The fraction of sp³-hybridized carbons (Fsp3) is 0.118.